The Kier molecular flexibility index (Phi) is 4.45. The van der Waals surface area contributed by atoms with Gasteiger partial charge in [0.05, 0.1) is 11.6 Å². The molecule has 1 amide bonds. The lowest BCUT2D eigenvalue weighted by Gasteiger charge is -2.41. The summed E-state index contributed by atoms with van der Waals surface area (Å²) in [6.07, 6.45) is 2.00. The van der Waals surface area contributed by atoms with Crippen LogP contribution in [0.25, 0.3) is 0 Å². The summed E-state index contributed by atoms with van der Waals surface area (Å²) in [5, 5.41) is 10.9. The summed E-state index contributed by atoms with van der Waals surface area (Å²) in [6, 6.07) is 7.76. The molecule has 0 aliphatic carbocycles. The van der Waals surface area contributed by atoms with Crippen LogP contribution >= 0.6 is 0 Å². The van der Waals surface area contributed by atoms with Crippen LogP contribution in [0.1, 0.15) is 37.3 Å². The summed E-state index contributed by atoms with van der Waals surface area (Å²) in [5.74, 6) is -0.270. The molecule has 1 atom stereocenters. The van der Waals surface area contributed by atoms with Crippen LogP contribution in [0.2, 0.25) is 0 Å². The van der Waals surface area contributed by atoms with Crippen molar-refractivity contribution in [1.29, 1.82) is 0 Å². The second-order valence-corrected chi connectivity index (χ2v) is 5.71. The summed E-state index contributed by atoms with van der Waals surface area (Å²) in [5.41, 5.74) is 6.78. The zero-order valence-electron chi connectivity index (χ0n) is 12.3. The molecule has 110 valence electrons. The summed E-state index contributed by atoms with van der Waals surface area (Å²) >= 11 is 0. The standard InChI is InChI=1S/C16H24N2O2/c1-3-14(15(17)19)18-10-8-16(20,9-11-18)13-7-5-4-6-12(13)2/h4-7,14,20H,3,8-11H2,1-2H3,(H2,17,19). The van der Waals surface area contributed by atoms with Crippen LogP contribution in [0.3, 0.4) is 0 Å². The molecule has 1 heterocycles. The first-order valence-corrected chi connectivity index (χ1v) is 7.30. The molecule has 1 aromatic carbocycles. The maximum Gasteiger partial charge on any atom is 0.234 e. The van der Waals surface area contributed by atoms with E-state index >= 15 is 0 Å². The lowest BCUT2D eigenvalue weighted by molar-refractivity contribution is -0.125. The minimum absolute atomic E-state index is 0.212. The minimum atomic E-state index is -0.780. The Morgan fingerprint density at radius 1 is 1.40 bits per heavy atom. The van der Waals surface area contributed by atoms with Gasteiger partial charge in [-0.25, -0.2) is 0 Å². The van der Waals surface area contributed by atoms with Gasteiger partial charge in [-0.3, -0.25) is 9.69 Å². The third-order valence-corrected chi connectivity index (χ3v) is 4.43. The molecule has 1 unspecified atom stereocenters. The van der Waals surface area contributed by atoms with Crippen LogP contribution < -0.4 is 5.73 Å². The number of nitrogens with zero attached hydrogens (tertiary/aromatic N) is 1. The van der Waals surface area contributed by atoms with E-state index in [2.05, 4.69) is 4.90 Å². The number of benzene rings is 1. The highest BCUT2D eigenvalue weighted by molar-refractivity contribution is 5.79. The van der Waals surface area contributed by atoms with Crippen molar-refractivity contribution in [3.63, 3.8) is 0 Å². The van der Waals surface area contributed by atoms with Gasteiger partial charge in [0.2, 0.25) is 5.91 Å². The van der Waals surface area contributed by atoms with Crippen LogP contribution in [0.5, 0.6) is 0 Å². The van der Waals surface area contributed by atoms with Crippen molar-refractivity contribution < 1.29 is 9.90 Å². The van der Waals surface area contributed by atoms with Crippen molar-refractivity contribution in [2.45, 2.75) is 44.8 Å². The molecular formula is C16H24N2O2. The number of carbonyl (C=O) groups excluding carboxylic acids is 1. The number of amides is 1. The number of hydrogen-bond donors (Lipinski definition) is 2. The van der Waals surface area contributed by atoms with Gasteiger partial charge in [-0.2, -0.15) is 0 Å². The van der Waals surface area contributed by atoms with E-state index in [1.807, 2.05) is 38.1 Å². The second kappa shape index (κ2) is 5.94. The molecule has 4 nitrogen and oxygen atoms in total. The Morgan fingerprint density at radius 3 is 2.50 bits per heavy atom. The molecule has 0 aromatic heterocycles. The van der Waals surface area contributed by atoms with Crippen LogP contribution in [0.15, 0.2) is 24.3 Å². The Morgan fingerprint density at radius 2 is 2.00 bits per heavy atom. The average molecular weight is 276 g/mol. The van der Waals surface area contributed by atoms with Crippen molar-refractivity contribution in [2.24, 2.45) is 5.73 Å². The monoisotopic (exact) mass is 276 g/mol. The zero-order chi connectivity index (χ0) is 14.8. The highest BCUT2D eigenvalue weighted by Gasteiger charge is 2.37. The molecule has 1 aromatic rings. The highest BCUT2D eigenvalue weighted by atomic mass is 16.3. The lowest BCUT2D eigenvalue weighted by Crippen LogP contribution is -2.51. The van der Waals surface area contributed by atoms with Gasteiger partial charge >= 0.3 is 0 Å². The molecule has 0 spiro atoms. The second-order valence-electron chi connectivity index (χ2n) is 5.71. The third-order valence-electron chi connectivity index (χ3n) is 4.43. The van der Waals surface area contributed by atoms with Gasteiger partial charge in [-0.05, 0) is 37.3 Å². The van der Waals surface area contributed by atoms with Crippen molar-refractivity contribution >= 4 is 5.91 Å². The number of aryl methyl sites for hydroxylation is 1. The number of nitrogens with two attached hydrogens (primary N) is 1. The molecule has 1 fully saturated rings. The van der Waals surface area contributed by atoms with Gasteiger partial charge < -0.3 is 10.8 Å². The first-order valence-electron chi connectivity index (χ1n) is 7.30. The quantitative estimate of drug-likeness (QED) is 0.876. The molecule has 20 heavy (non-hydrogen) atoms. The predicted octanol–water partition coefficient (Wildman–Crippen LogP) is 1.54. The van der Waals surface area contributed by atoms with Crippen LogP contribution in [-0.2, 0) is 10.4 Å². The van der Waals surface area contributed by atoms with E-state index in [1.54, 1.807) is 0 Å². The summed E-state index contributed by atoms with van der Waals surface area (Å²) < 4.78 is 0. The minimum Gasteiger partial charge on any atom is -0.385 e. The predicted molar refractivity (Wildman–Crippen MR) is 79.2 cm³/mol. The summed E-state index contributed by atoms with van der Waals surface area (Å²) in [7, 11) is 0. The van der Waals surface area contributed by atoms with Gasteiger partial charge in [0.25, 0.3) is 0 Å². The number of rotatable bonds is 4. The molecule has 0 saturated carbocycles. The van der Waals surface area contributed by atoms with Crippen LogP contribution in [0, 0.1) is 6.92 Å². The van der Waals surface area contributed by atoms with Crippen LogP contribution in [0.4, 0.5) is 0 Å². The number of likely N-dealkylation sites (tertiary alicyclic amines) is 1. The van der Waals surface area contributed by atoms with Gasteiger partial charge in [-0.15, -0.1) is 0 Å². The smallest absolute Gasteiger partial charge is 0.234 e. The van der Waals surface area contributed by atoms with E-state index in [4.69, 9.17) is 5.73 Å². The van der Waals surface area contributed by atoms with E-state index in [0.29, 0.717) is 25.9 Å². The fraction of sp³-hybridized carbons (Fsp3) is 0.562. The van der Waals surface area contributed by atoms with Crippen molar-refractivity contribution in [3.8, 4) is 0 Å². The molecule has 0 bridgehead atoms. The van der Waals surface area contributed by atoms with E-state index in [-0.39, 0.29) is 11.9 Å². The number of primary amides is 1. The fourth-order valence-electron chi connectivity index (χ4n) is 3.21. The first kappa shape index (κ1) is 15.0. The zero-order valence-corrected chi connectivity index (χ0v) is 12.3. The number of piperidine rings is 1. The maximum atomic E-state index is 11.4. The Hall–Kier alpha value is -1.39. The van der Waals surface area contributed by atoms with Gasteiger partial charge in [0.1, 0.15) is 0 Å². The van der Waals surface area contributed by atoms with Gasteiger partial charge in [0.15, 0.2) is 0 Å². The molecule has 1 aliphatic rings. The van der Waals surface area contributed by atoms with Crippen molar-refractivity contribution in [3.05, 3.63) is 35.4 Å². The maximum absolute atomic E-state index is 11.4. The fourth-order valence-corrected chi connectivity index (χ4v) is 3.21. The van der Waals surface area contributed by atoms with Crippen molar-refractivity contribution in [1.82, 2.24) is 4.90 Å². The number of carbonyl (C=O) groups is 1. The van der Waals surface area contributed by atoms with E-state index < -0.39 is 5.60 Å². The Bertz CT molecular complexity index is 479. The molecule has 2 rings (SSSR count). The van der Waals surface area contributed by atoms with E-state index in [0.717, 1.165) is 17.5 Å². The Balaban J connectivity index is 2.10. The largest absolute Gasteiger partial charge is 0.385 e. The van der Waals surface area contributed by atoms with E-state index in [1.165, 1.54) is 0 Å². The van der Waals surface area contributed by atoms with E-state index in [9.17, 15) is 9.90 Å². The first-order chi connectivity index (χ1) is 9.48. The normalized spacial score (nSPS) is 20.6. The molecular weight excluding hydrogens is 252 g/mol. The van der Waals surface area contributed by atoms with Gasteiger partial charge in [-0.1, -0.05) is 31.2 Å². The lowest BCUT2D eigenvalue weighted by atomic mass is 9.82. The number of aliphatic hydroxyl groups is 1. The molecule has 0 radical (unpaired) electrons. The topological polar surface area (TPSA) is 66.6 Å². The molecule has 4 heteroatoms. The SMILES string of the molecule is CCC(C(N)=O)N1CCC(O)(c2ccccc2C)CC1. The average Bonchev–Trinajstić information content (AvgIpc) is 2.42. The highest BCUT2D eigenvalue weighted by Crippen LogP contribution is 2.35. The third kappa shape index (κ3) is 2.86. The summed E-state index contributed by atoms with van der Waals surface area (Å²) in [4.78, 5) is 13.5. The molecule has 1 aliphatic heterocycles. The molecule has 3 N–H and O–H groups in total. The van der Waals surface area contributed by atoms with Crippen molar-refractivity contribution in [2.75, 3.05) is 13.1 Å². The molecule has 1 saturated heterocycles. The number of hydrogen-bond acceptors (Lipinski definition) is 3. The Labute approximate surface area is 120 Å². The summed E-state index contributed by atoms with van der Waals surface area (Å²) in [6.45, 7) is 5.40. The van der Waals surface area contributed by atoms with Crippen LogP contribution in [-0.4, -0.2) is 35.0 Å². The van der Waals surface area contributed by atoms with Gasteiger partial charge in [0, 0.05) is 13.1 Å².